The van der Waals surface area contributed by atoms with Gasteiger partial charge in [-0.25, -0.2) is 0 Å². The van der Waals surface area contributed by atoms with Crippen LogP contribution in [0.2, 0.25) is 13.1 Å². The van der Waals surface area contributed by atoms with E-state index in [2.05, 4.69) is 22.4 Å². The summed E-state index contributed by atoms with van der Waals surface area (Å²) in [7, 11) is 3.97. The zero-order chi connectivity index (χ0) is 5.58. The van der Waals surface area contributed by atoms with Crippen LogP contribution in [0.3, 0.4) is 0 Å². The summed E-state index contributed by atoms with van der Waals surface area (Å²) in [5.74, 6) is 0. The molecule has 0 aliphatic carbocycles. The first-order valence-corrected chi connectivity index (χ1v) is 7.77. The molecule has 0 spiro atoms. The van der Waals surface area contributed by atoms with Gasteiger partial charge in [0.25, 0.3) is 0 Å². The van der Waals surface area contributed by atoms with Crippen molar-refractivity contribution in [3.05, 3.63) is 0 Å². The first kappa shape index (κ1) is 10.5. The van der Waals surface area contributed by atoms with E-state index >= 15 is 0 Å². The fourth-order valence-electron chi connectivity index (χ4n) is 0. The van der Waals surface area contributed by atoms with Crippen LogP contribution in [0.25, 0.3) is 0 Å². The van der Waals surface area contributed by atoms with Crippen LogP contribution in [-0.2, 0) is 19.4 Å². The van der Waals surface area contributed by atoms with Crippen molar-refractivity contribution in [3.63, 3.8) is 0 Å². The summed E-state index contributed by atoms with van der Waals surface area (Å²) in [5.41, 5.74) is 0. The molecule has 0 radical (unpaired) electrons. The predicted octanol–water partition coefficient (Wildman–Crippen LogP) is 1.90. The average Bonchev–Trinajstić information content (AvgIpc) is 1.41. The van der Waals surface area contributed by atoms with Crippen molar-refractivity contribution in [3.8, 4) is 0 Å². The second-order valence-corrected chi connectivity index (χ2v) is 5.66. The van der Waals surface area contributed by atoms with Crippen molar-refractivity contribution in [1.29, 1.82) is 0 Å². The molecule has 37 valence electrons. The standard InChI is InChI=1S/C2H7ClSi.ClH.Ti/c1-4(2)3;;/h4H,1-2H3;1H;/q;;+1/p-1. The Bertz CT molecular complexity index is 16.3. The maximum atomic E-state index is 5.41. The number of rotatable bonds is 0. The Morgan fingerprint density at radius 3 is 1.33 bits per heavy atom. The van der Waals surface area contributed by atoms with Crippen molar-refractivity contribution in [2.24, 2.45) is 0 Å². The molecule has 0 aromatic heterocycles. The second-order valence-electron chi connectivity index (χ2n) is 1.01. The average molecular weight is 178 g/mol. The van der Waals surface area contributed by atoms with Crippen molar-refractivity contribution in [2.45, 2.75) is 13.1 Å². The van der Waals surface area contributed by atoms with Gasteiger partial charge in [-0.3, -0.25) is 0 Å². The van der Waals surface area contributed by atoms with Gasteiger partial charge in [0.2, 0.25) is 0 Å². The third kappa shape index (κ3) is 49.1. The van der Waals surface area contributed by atoms with E-state index in [4.69, 9.17) is 11.1 Å². The van der Waals surface area contributed by atoms with E-state index in [0.29, 0.717) is 0 Å². The summed E-state index contributed by atoms with van der Waals surface area (Å²) >= 11 is 6.89. The topological polar surface area (TPSA) is 0 Å². The molecule has 0 aliphatic heterocycles. The molecule has 0 aromatic carbocycles. The molecule has 4 heteroatoms. The molecule has 0 fully saturated rings. The molecule has 0 bridgehead atoms. The molecule has 0 saturated carbocycles. The van der Waals surface area contributed by atoms with Gasteiger partial charge in [-0.1, -0.05) is 13.1 Å². The fraction of sp³-hybridized carbons (Fsp3) is 1.00. The Labute approximate surface area is 60.8 Å². The summed E-state index contributed by atoms with van der Waals surface area (Å²) in [6.07, 6.45) is 0. The van der Waals surface area contributed by atoms with Gasteiger partial charge in [0.05, 0.1) is 0 Å². The zero-order valence-corrected chi connectivity index (χ0v) is 8.06. The SMILES string of the molecule is C[SiH](C)Cl.[Cl][Ti]. The molecule has 0 heterocycles. The molecule has 0 aliphatic rings. The van der Waals surface area contributed by atoms with E-state index < -0.39 is 8.11 Å². The third-order valence-corrected chi connectivity index (χ3v) is 0. The van der Waals surface area contributed by atoms with Gasteiger partial charge in [-0.2, -0.15) is 11.1 Å². The summed E-state index contributed by atoms with van der Waals surface area (Å²) in [6, 6.07) is 0. The van der Waals surface area contributed by atoms with E-state index in [0.717, 1.165) is 0 Å². The minimum absolute atomic E-state index is 0.667. The molecule has 0 atom stereocenters. The minimum atomic E-state index is -0.667. The number of hydrogen-bond donors (Lipinski definition) is 0. The van der Waals surface area contributed by atoms with E-state index in [1.165, 1.54) is 19.4 Å². The normalized spacial score (nSPS) is 6.67. The molecule has 0 amide bonds. The quantitative estimate of drug-likeness (QED) is 0.392. The van der Waals surface area contributed by atoms with Crippen LogP contribution < -0.4 is 0 Å². The second kappa shape index (κ2) is 9.72. The van der Waals surface area contributed by atoms with Gasteiger partial charge in [-0.15, -0.1) is 0 Å². The van der Waals surface area contributed by atoms with Crippen LogP contribution in [0.5, 0.6) is 0 Å². The van der Waals surface area contributed by atoms with Gasteiger partial charge in [0.15, 0.2) is 0 Å². The first-order chi connectivity index (χ1) is 2.73. The Morgan fingerprint density at radius 1 is 1.33 bits per heavy atom. The maximum absolute atomic E-state index is 5.41. The number of halogens is 2. The van der Waals surface area contributed by atoms with Crippen LogP contribution in [0, 0.1) is 0 Å². The molecule has 0 nitrogen and oxygen atoms in total. The molecule has 6 heavy (non-hydrogen) atoms. The molecular weight excluding hydrogens is 171 g/mol. The van der Waals surface area contributed by atoms with Crippen LogP contribution in [0.4, 0.5) is 0 Å². The van der Waals surface area contributed by atoms with Gasteiger partial charge < -0.3 is 0 Å². The summed E-state index contributed by atoms with van der Waals surface area (Å²) in [4.78, 5) is 0. The number of hydrogen-bond acceptors (Lipinski definition) is 0. The molecule has 0 rings (SSSR count). The van der Waals surface area contributed by atoms with Gasteiger partial charge in [-0.05, 0) is 0 Å². The van der Waals surface area contributed by atoms with E-state index in [1.54, 1.807) is 0 Å². The van der Waals surface area contributed by atoms with E-state index in [-0.39, 0.29) is 0 Å². The molecular formula is C2H7Cl2SiTi. The zero-order valence-electron chi connectivity index (χ0n) is 3.83. The van der Waals surface area contributed by atoms with Crippen LogP contribution in [-0.4, -0.2) is 8.11 Å². The Balaban J connectivity index is 0. The Morgan fingerprint density at radius 2 is 1.33 bits per heavy atom. The Hall–Kier alpha value is 1.51. The predicted molar refractivity (Wildman–Crippen MR) is 30.6 cm³/mol. The molecule has 0 saturated heterocycles. The van der Waals surface area contributed by atoms with Gasteiger partial charge >= 0.3 is 28.7 Å². The summed E-state index contributed by atoms with van der Waals surface area (Å²) in [5, 5.41) is 0. The molecule has 0 unspecified atom stereocenters. The monoisotopic (exact) mass is 177 g/mol. The third-order valence-electron chi connectivity index (χ3n) is 0. The first-order valence-electron chi connectivity index (χ1n) is 1.56. The van der Waals surface area contributed by atoms with Crippen molar-refractivity contribution in [2.75, 3.05) is 0 Å². The van der Waals surface area contributed by atoms with Crippen LogP contribution in [0.15, 0.2) is 0 Å². The summed E-state index contributed by atoms with van der Waals surface area (Å²) in [6.45, 7) is 4.14. The molecule has 0 N–H and O–H groups in total. The van der Waals surface area contributed by atoms with Crippen LogP contribution in [0.1, 0.15) is 0 Å². The fourth-order valence-corrected chi connectivity index (χ4v) is 0. The Kier molecular flexibility index (Phi) is 17.0. The van der Waals surface area contributed by atoms with E-state index in [1.807, 2.05) is 0 Å². The van der Waals surface area contributed by atoms with E-state index in [9.17, 15) is 0 Å². The van der Waals surface area contributed by atoms with Gasteiger partial charge in [0.1, 0.15) is 8.11 Å². The molecule has 0 aromatic rings. The van der Waals surface area contributed by atoms with Crippen molar-refractivity contribution < 1.29 is 19.4 Å². The van der Waals surface area contributed by atoms with Gasteiger partial charge in [0, 0.05) is 0 Å². The van der Waals surface area contributed by atoms with Crippen LogP contribution >= 0.6 is 20.4 Å². The summed E-state index contributed by atoms with van der Waals surface area (Å²) < 4.78 is 0. The van der Waals surface area contributed by atoms with Crippen molar-refractivity contribution in [1.82, 2.24) is 0 Å². The van der Waals surface area contributed by atoms with Crippen molar-refractivity contribution >= 4 is 28.5 Å².